The fraction of sp³-hybridized carbons (Fsp3) is 0.375. The van der Waals surface area contributed by atoms with E-state index in [4.69, 9.17) is 10.5 Å². The lowest BCUT2D eigenvalue weighted by Gasteiger charge is -2.23. The number of benzene rings is 2. The molecule has 3 amide bonds. The number of nitrogens with two attached hydrogens (primary N) is 1. The fourth-order valence-corrected chi connectivity index (χ4v) is 3.56. The van der Waals surface area contributed by atoms with Gasteiger partial charge < -0.3 is 35.7 Å². The topological polar surface area (TPSA) is 186 Å². The number of hydrogen-bond acceptors (Lipinski definition) is 9. The number of amides is 3. The summed E-state index contributed by atoms with van der Waals surface area (Å²) in [7, 11) is -5.96. The summed E-state index contributed by atoms with van der Waals surface area (Å²) in [6.07, 6.45) is -1.24. The number of nitrogens with one attached hydrogen (secondary N) is 3. The van der Waals surface area contributed by atoms with Crippen LogP contribution in [0.15, 0.2) is 42.5 Å². The minimum Gasteiger partial charge on any atom is -0.508 e. The number of halogens is 3. The van der Waals surface area contributed by atoms with Gasteiger partial charge in [-0.2, -0.15) is 21.6 Å². The zero-order valence-corrected chi connectivity index (χ0v) is 22.5. The third-order valence-electron chi connectivity index (χ3n) is 4.83. The molecule has 0 radical (unpaired) electrons. The Labute approximate surface area is 228 Å². The molecule has 0 saturated heterocycles. The first-order valence-electron chi connectivity index (χ1n) is 11.6. The van der Waals surface area contributed by atoms with Gasteiger partial charge in [0.05, 0.1) is 12.2 Å². The van der Waals surface area contributed by atoms with Gasteiger partial charge >= 0.3 is 21.7 Å². The molecule has 2 rings (SSSR count). The first-order chi connectivity index (χ1) is 18.4. The van der Waals surface area contributed by atoms with E-state index in [2.05, 4.69) is 20.1 Å². The summed E-state index contributed by atoms with van der Waals surface area (Å²) in [6.45, 7) is 4.36. The number of phenolic OH excluding ortho intramolecular Hbond substituents is 1. The van der Waals surface area contributed by atoms with E-state index in [0.717, 1.165) is 18.2 Å². The summed E-state index contributed by atoms with van der Waals surface area (Å²) < 4.78 is 69.6. The number of carbonyl (C=O) groups is 3. The molecule has 220 valence electrons. The molecule has 0 aliphatic carbocycles. The third kappa shape index (κ3) is 10.2. The molecule has 0 fully saturated rings. The molecule has 1 atom stereocenters. The fourth-order valence-electron chi connectivity index (χ4n) is 3.08. The number of aromatic hydroxyl groups is 1. The summed E-state index contributed by atoms with van der Waals surface area (Å²) in [5.74, 6) is -2.16. The molecule has 0 aromatic heterocycles. The van der Waals surface area contributed by atoms with E-state index in [1.54, 1.807) is 32.9 Å². The van der Waals surface area contributed by atoms with Gasteiger partial charge in [-0.3, -0.25) is 9.59 Å². The quantitative estimate of drug-likeness (QED) is 0.157. The highest BCUT2D eigenvalue weighted by molar-refractivity contribution is 7.88. The Morgan fingerprint density at radius 1 is 1.02 bits per heavy atom. The largest absolute Gasteiger partial charge is 0.534 e. The second kappa shape index (κ2) is 12.8. The SMILES string of the molecule is CC(C)(C)OC(=O)N[C@H](Cc1ccc(OS(=O)(=O)C(F)(F)F)c(N)c1)C(=O)NCC(=O)NCc1cccc(O)c1. The Hall–Kier alpha value is -4.21. The van der Waals surface area contributed by atoms with Crippen molar-refractivity contribution in [1.29, 1.82) is 0 Å². The van der Waals surface area contributed by atoms with Gasteiger partial charge in [-0.15, -0.1) is 0 Å². The van der Waals surface area contributed by atoms with Crippen LogP contribution >= 0.6 is 0 Å². The number of ether oxygens (including phenoxy) is 1. The van der Waals surface area contributed by atoms with E-state index in [9.17, 15) is 41.1 Å². The maximum Gasteiger partial charge on any atom is 0.534 e. The molecule has 0 saturated carbocycles. The van der Waals surface area contributed by atoms with Crippen LogP contribution in [0.3, 0.4) is 0 Å². The maximum absolute atomic E-state index is 12.9. The van der Waals surface area contributed by atoms with Crippen LogP contribution in [0.2, 0.25) is 0 Å². The first-order valence-corrected chi connectivity index (χ1v) is 13.0. The molecular formula is C24H29F3N4O8S. The number of hydrogen-bond donors (Lipinski definition) is 5. The number of rotatable bonds is 10. The van der Waals surface area contributed by atoms with Crippen molar-refractivity contribution in [2.75, 3.05) is 12.3 Å². The van der Waals surface area contributed by atoms with Crippen molar-refractivity contribution in [1.82, 2.24) is 16.0 Å². The van der Waals surface area contributed by atoms with Crippen molar-refractivity contribution in [2.24, 2.45) is 0 Å². The zero-order chi connectivity index (χ0) is 30.3. The van der Waals surface area contributed by atoms with Gasteiger partial charge in [-0.25, -0.2) is 4.79 Å². The van der Waals surface area contributed by atoms with Gasteiger partial charge in [0.2, 0.25) is 11.8 Å². The van der Waals surface area contributed by atoms with Crippen LogP contribution in [0, 0.1) is 0 Å². The molecule has 0 heterocycles. The van der Waals surface area contributed by atoms with Gasteiger partial charge in [0.25, 0.3) is 0 Å². The van der Waals surface area contributed by atoms with Crippen molar-refractivity contribution in [3.63, 3.8) is 0 Å². The van der Waals surface area contributed by atoms with Crippen molar-refractivity contribution >= 4 is 33.7 Å². The van der Waals surface area contributed by atoms with Gasteiger partial charge in [0.1, 0.15) is 17.4 Å². The van der Waals surface area contributed by atoms with Crippen LogP contribution in [-0.4, -0.2) is 55.1 Å². The van der Waals surface area contributed by atoms with Crippen LogP contribution in [-0.2, 0) is 37.4 Å². The van der Waals surface area contributed by atoms with E-state index in [0.29, 0.717) is 5.56 Å². The molecule has 0 aliphatic rings. The summed E-state index contributed by atoms with van der Waals surface area (Å²) in [6, 6.07) is 7.91. The molecule has 40 heavy (non-hydrogen) atoms. The van der Waals surface area contributed by atoms with Crippen LogP contribution < -0.4 is 25.9 Å². The molecule has 0 spiro atoms. The Morgan fingerprint density at radius 3 is 2.27 bits per heavy atom. The summed E-state index contributed by atoms with van der Waals surface area (Å²) in [5.41, 5.74) is -0.589. The van der Waals surface area contributed by atoms with Gasteiger partial charge in [-0.1, -0.05) is 18.2 Å². The number of alkyl carbamates (subject to hydrolysis) is 1. The average Bonchev–Trinajstić information content (AvgIpc) is 2.80. The van der Waals surface area contributed by atoms with Crippen molar-refractivity contribution in [3.05, 3.63) is 53.6 Å². The van der Waals surface area contributed by atoms with Crippen LogP contribution in [0.25, 0.3) is 0 Å². The first kappa shape index (κ1) is 32.0. The molecule has 0 bridgehead atoms. The Balaban J connectivity index is 2.12. The van der Waals surface area contributed by atoms with E-state index in [1.807, 2.05) is 0 Å². The Kier molecular flexibility index (Phi) is 10.2. The maximum atomic E-state index is 12.9. The Bertz CT molecular complexity index is 1340. The highest BCUT2D eigenvalue weighted by Crippen LogP contribution is 2.31. The molecule has 0 unspecified atom stereocenters. The molecule has 0 aliphatic heterocycles. The number of anilines is 1. The monoisotopic (exact) mass is 590 g/mol. The lowest BCUT2D eigenvalue weighted by Crippen LogP contribution is -2.51. The average molecular weight is 591 g/mol. The molecule has 12 nitrogen and oxygen atoms in total. The van der Waals surface area contributed by atoms with Gasteiger partial charge in [0.15, 0.2) is 5.75 Å². The molecule has 16 heteroatoms. The minimum absolute atomic E-state index is 0.0123. The normalized spacial score (nSPS) is 12.7. The van der Waals surface area contributed by atoms with Crippen molar-refractivity contribution < 1.29 is 50.0 Å². The predicted octanol–water partition coefficient (Wildman–Crippen LogP) is 2.07. The van der Waals surface area contributed by atoms with E-state index in [1.165, 1.54) is 12.1 Å². The predicted molar refractivity (Wildman–Crippen MR) is 136 cm³/mol. The van der Waals surface area contributed by atoms with Gasteiger partial charge in [-0.05, 0) is 56.2 Å². The molecule has 2 aromatic carbocycles. The van der Waals surface area contributed by atoms with Crippen LogP contribution in [0.4, 0.5) is 23.7 Å². The summed E-state index contributed by atoms with van der Waals surface area (Å²) >= 11 is 0. The summed E-state index contributed by atoms with van der Waals surface area (Å²) in [5, 5.41) is 16.8. The highest BCUT2D eigenvalue weighted by atomic mass is 32.2. The number of nitrogen functional groups attached to an aromatic ring is 1. The minimum atomic E-state index is -5.96. The second-order valence-corrected chi connectivity index (χ2v) is 11.0. The standard InChI is InChI=1S/C24H29F3N4O8S/c1-23(2,3)38-22(35)31-18(21(34)30-13-20(33)29-12-15-5-4-6-16(32)9-15)11-14-7-8-19(17(28)10-14)39-40(36,37)24(25,26)27/h4-10,18,32H,11-13,28H2,1-3H3,(H,29,33)(H,30,34)(H,31,35)/t18-/m1/s1. The van der Waals surface area contributed by atoms with Gasteiger partial charge in [0, 0.05) is 13.0 Å². The second-order valence-electron chi connectivity index (χ2n) is 9.42. The van der Waals surface area contributed by atoms with Crippen LogP contribution in [0.5, 0.6) is 11.5 Å². The molecule has 2 aromatic rings. The van der Waals surface area contributed by atoms with Crippen LogP contribution in [0.1, 0.15) is 31.9 Å². The molecule has 6 N–H and O–H groups in total. The van der Waals surface area contributed by atoms with E-state index < -0.39 is 63.2 Å². The summed E-state index contributed by atoms with van der Waals surface area (Å²) in [4.78, 5) is 37.4. The number of phenols is 1. The molecular weight excluding hydrogens is 561 g/mol. The van der Waals surface area contributed by atoms with E-state index >= 15 is 0 Å². The lowest BCUT2D eigenvalue weighted by atomic mass is 10.0. The Morgan fingerprint density at radius 2 is 1.70 bits per heavy atom. The highest BCUT2D eigenvalue weighted by Gasteiger charge is 2.48. The van der Waals surface area contributed by atoms with E-state index in [-0.39, 0.29) is 24.3 Å². The number of alkyl halides is 3. The third-order valence-corrected chi connectivity index (χ3v) is 5.79. The van der Waals surface area contributed by atoms with Crippen molar-refractivity contribution in [3.8, 4) is 11.5 Å². The lowest BCUT2D eigenvalue weighted by molar-refractivity contribution is -0.127. The smallest absolute Gasteiger partial charge is 0.508 e. The van der Waals surface area contributed by atoms with Crippen molar-refractivity contribution in [2.45, 2.75) is 50.9 Å². The number of carbonyl (C=O) groups excluding carboxylic acids is 3. The zero-order valence-electron chi connectivity index (χ0n) is 21.7.